The van der Waals surface area contributed by atoms with E-state index in [0.717, 1.165) is 0 Å². The molecule has 2 unspecified atom stereocenters. The monoisotopic (exact) mass is 284 g/mol. The Morgan fingerprint density at radius 2 is 1.71 bits per heavy atom. The second-order valence-corrected chi connectivity index (χ2v) is 8.86. The average Bonchev–Trinajstić information content (AvgIpc) is 2.13. The average molecular weight is 284 g/mol. The maximum Gasteiger partial charge on any atom is 0.319 e. The maximum absolute atomic E-state index is 11.8. The van der Waals surface area contributed by atoms with Crippen LogP contribution in [0.4, 0.5) is 0 Å². The van der Waals surface area contributed by atoms with Crippen LogP contribution in [0.25, 0.3) is 0 Å². The Kier molecular flexibility index (Phi) is 6.32. The summed E-state index contributed by atoms with van der Waals surface area (Å²) in [5, 5.41) is 7.38. The summed E-state index contributed by atoms with van der Waals surface area (Å²) in [6, 6.07) is 0. The van der Waals surface area contributed by atoms with Crippen molar-refractivity contribution in [2.45, 2.75) is 38.2 Å². The van der Waals surface area contributed by atoms with Gasteiger partial charge in [-0.3, -0.25) is 9.00 Å². The van der Waals surface area contributed by atoms with Crippen molar-refractivity contribution in [1.29, 1.82) is 0 Å². The first-order valence-electron chi connectivity index (χ1n) is 5.41. The van der Waals surface area contributed by atoms with Crippen molar-refractivity contribution in [3.63, 3.8) is 0 Å². The summed E-state index contributed by atoms with van der Waals surface area (Å²) in [6.45, 7) is 6.42. The van der Waals surface area contributed by atoms with Gasteiger partial charge in [0.2, 0.25) is 0 Å². The van der Waals surface area contributed by atoms with Gasteiger partial charge in [0.05, 0.1) is 11.0 Å². The third kappa shape index (κ3) is 5.16. The molecule has 0 aliphatic carbocycles. The van der Waals surface area contributed by atoms with Gasteiger partial charge in [-0.25, -0.2) is 8.42 Å². The lowest BCUT2D eigenvalue weighted by Crippen LogP contribution is -2.34. The normalized spacial score (nSPS) is 16.1. The molecular formula is C10H20O5S2. The molecule has 17 heavy (non-hydrogen) atoms. The molecule has 0 bridgehead atoms. The van der Waals surface area contributed by atoms with Crippen LogP contribution in [0.2, 0.25) is 0 Å². The predicted octanol–water partition coefficient (Wildman–Crippen LogP) is 0.668. The minimum atomic E-state index is -3.26. The number of sulfone groups is 1. The van der Waals surface area contributed by atoms with Crippen molar-refractivity contribution in [2.75, 3.05) is 11.5 Å². The molecular weight excluding hydrogens is 264 g/mol. The second-order valence-electron chi connectivity index (χ2n) is 4.50. The highest BCUT2D eigenvalue weighted by Crippen LogP contribution is 2.11. The third-order valence-electron chi connectivity index (χ3n) is 2.42. The fraction of sp³-hybridized carbons (Fsp3) is 0.900. The Labute approximate surface area is 105 Å². The summed E-state index contributed by atoms with van der Waals surface area (Å²) in [7, 11) is -4.92. The minimum Gasteiger partial charge on any atom is -0.480 e. The highest BCUT2D eigenvalue weighted by molar-refractivity contribution is 7.93. The molecule has 0 saturated carbocycles. The van der Waals surface area contributed by atoms with Gasteiger partial charge in [-0.15, -0.1) is 0 Å². The van der Waals surface area contributed by atoms with Gasteiger partial charge in [0.15, 0.2) is 9.84 Å². The van der Waals surface area contributed by atoms with Gasteiger partial charge < -0.3 is 5.11 Å². The molecule has 0 spiro atoms. The number of carboxylic acid groups (broad SMARTS) is 1. The van der Waals surface area contributed by atoms with Crippen LogP contribution in [-0.2, 0) is 25.4 Å². The lowest BCUT2D eigenvalue weighted by Gasteiger charge is -2.16. The molecule has 0 amide bonds. The van der Waals surface area contributed by atoms with E-state index in [1.165, 1.54) is 0 Å². The molecule has 0 rings (SSSR count). The van der Waals surface area contributed by atoms with Crippen LogP contribution < -0.4 is 0 Å². The summed E-state index contributed by atoms with van der Waals surface area (Å²) >= 11 is 0. The molecule has 0 heterocycles. The first kappa shape index (κ1) is 16.6. The highest BCUT2D eigenvalue weighted by atomic mass is 32.2. The van der Waals surface area contributed by atoms with Crippen molar-refractivity contribution in [3.8, 4) is 0 Å². The summed E-state index contributed by atoms with van der Waals surface area (Å²) in [5.74, 6) is -1.76. The van der Waals surface area contributed by atoms with E-state index in [1.54, 1.807) is 27.7 Å². The zero-order chi connectivity index (χ0) is 13.8. The number of rotatable bonds is 7. The van der Waals surface area contributed by atoms with Crippen molar-refractivity contribution in [1.82, 2.24) is 0 Å². The van der Waals surface area contributed by atoms with Crippen LogP contribution in [-0.4, -0.2) is 45.7 Å². The van der Waals surface area contributed by atoms with E-state index in [9.17, 15) is 17.4 Å². The fourth-order valence-electron chi connectivity index (χ4n) is 1.26. The highest BCUT2D eigenvalue weighted by Gasteiger charge is 2.29. The molecule has 5 nitrogen and oxygen atoms in total. The quantitative estimate of drug-likeness (QED) is 0.742. The minimum absolute atomic E-state index is 0.115. The number of hydrogen-bond acceptors (Lipinski definition) is 4. The molecule has 0 aromatic carbocycles. The van der Waals surface area contributed by atoms with Gasteiger partial charge in [0.1, 0.15) is 5.25 Å². The van der Waals surface area contributed by atoms with Crippen molar-refractivity contribution < 1.29 is 22.5 Å². The zero-order valence-electron chi connectivity index (χ0n) is 10.5. The summed E-state index contributed by atoms with van der Waals surface area (Å²) in [4.78, 5) is 10.9. The molecule has 0 fully saturated rings. The van der Waals surface area contributed by atoms with Gasteiger partial charge >= 0.3 is 5.97 Å². The number of aliphatic carboxylic acids is 1. The van der Waals surface area contributed by atoms with Crippen LogP contribution >= 0.6 is 0 Å². The molecule has 0 aromatic rings. The Morgan fingerprint density at radius 1 is 1.24 bits per heavy atom. The van der Waals surface area contributed by atoms with Crippen LogP contribution in [0.15, 0.2) is 0 Å². The molecule has 0 saturated heterocycles. The van der Waals surface area contributed by atoms with E-state index in [2.05, 4.69) is 0 Å². The van der Waals surface area contributed by atoms with E-state index in [0.29, 0.717) is 0 Å². The van der Waals surface area contributed by atoms with E-state index in [1.807, 2.05) is 0 Å². The molecule has 1 N–H and O–H groups in total. The van der Waals surface area contributed by atoms with Gasteiger partial charge in [0.25, 0.3) is 0 Å². The third-order valence-corrected chi connectivity index (χ3v) is 6.81. The number of hydrogen-bond donors (Lipinski definition) is 1. The molecule has 102 valence electrons. The standard InChI is InChI=1S/C10H20O5S2/c1-7(2)9(10(11)12)16(13)5-6-17(14,15)8(3)4/h7-9H,5-6H2,1-4H3,(H,11,12). The number of carbonyl (C=O) groups is 1. The van der Waals surface area contributed by atoms with Gasteiger partial charge in [-0.2, -0.15) is 0 Å². The zero-order valence-corrected chi connectivity index (χ0v) is 12.2. The number of carboxylic acids is 1. The summed E-state index contributed by atoms with van der Waals surface area (Å²) in [5.41, 5.74) is 0. The van der Waals surface area contributed by atoms with Crippen molar-refractivity contribution in [2.24, 2.45) is 5.92 Å². The molecule has 0 aliphatic heterocycles. The summed E-state index contributed by atoms with van der Waals surface area (Å²) in [6.07, 6.45) is 0. The van der Waals surface area contributed by atoms with Gasteiger partial charge in [-0.05, 0) is 19.8 Å². The lowest BCUT2D eigenvalue weighted by molar-refractivity contribution is -0.137. The largest absolute Gasteiger partial charge is 0.480 e. The second kappa shape index (κ2) is 6.49. The van der Waals surface area contributed by atoms with Crippen LogP contribution in [0.3, 0.4) is 0 Å². The molecule has 0 radical (unpaired) electrons. The Bertz CT molecular complexity index is 384. The Morgan fingerprint density at radius 3 is 2.00 bits per heavy atom. The fourth-order valence-corrected chi connectivity index (χ4v) is 4.41. The topological polar surface area (TPSA) is 88.5 Å². The van der Waals surface area contributed by atoms with Crippen molar-refractivity contribution in [3.05, 3.63) is 0 Å². The molecule has 0 aliphatic rings. The van der Waals surface area contributed by atoms with E-state index < -0.39 is 37.1 Å². The smallest absolute Gasteiger partial charge is 0.319 e. The van der Waals surface area contributed by atoms with Gasteiger partial charge in [-0.1, -0.05) is 13.8 Å². The SMILES string of the molecule is CC(C)C(C(=O)O)S(=O)CCS(=O)(=O)C(C)C. The summed E-state index contributed by atoms with van der Waals surface area (Å²) < 4.78 is 34.8. The first-order chi connectivity index (χ1) is 7.59. The predicted molar refractivity (Wildman–Crippen MR) is 68.2 cm³/mol. The van der Waals surface area contributed by atoms with E-state index in [4.69, 9.17) is 5.11 Å². The van der Waals surface area contributed by atoms with Gasteiger partial charge in [0, 0.05) is 16.6 Å². The van der Waals surface area contributed by atoms with Crippen LogP contribution in [0, 0.1) is 5.92 Å². The Balaban J connectivity index is 4.61. The molecule has 2 atom stereocenters. The first-order valence-corrected chi connectivity index (χ1v) is 8.51. The van der Waals surface area contributed by atoms with Crippen molar-refractivity contribution >= 4 is 26.6 Å². The van der Waals surface area contributed by atoms with Crippen LogP contribution in [0.1, 0.15) is 27.7 Å². The van der Waals surface area contributed by atoms with E-state index >= 15 is 0 Å². The Hall–Kier alpha value is -0.430. The molecule has 0 aromatic heterocycles. The van der Waals surface area contributed by atoms with E-state index in [-0.39, 0.29) is 17.4 Å². The van der Waals surface area contributed by atoms with Crippen LogP contribution in [0.5, 0.6) is 0 Å². The molecule has 7 heteroatoms. The lowest BCUT2D eigenvalue weighted by atomic mass is 10.1. The maximum atomic E-state index is 11.8.